The molecule has 0 saturated carbocycles. The average Bonchev–Trinajstić information content (AvgIpc) is 3.26. The zero-order valence-electron chi connectivity index (χ0n) is 15.2. The molecule has 1 fully saturated rings. The lowest BCUT2D eigenvalue weighted by molar-refractivity contribution is 0.0906. The van der Waals surface area contributed by atoms with E-state index >= 15 is 0 Å². The van der Waals surface area contributed by atoms with Crippen molar-refractivity contribution in [1.82, 2.24) is 20.4 Å². The third kappa shape index (κ3) is 5.94. The summed E-state index contributed by atoms with van der Waals surface area (Å²) in [5.41, 5.74) is 1.21. The van der Waals surface area contributed by atoms with Crippen LogP contribution in [0.15, 0.2) is 39.8 Å². The van der Waals surface area contributed by atoms with Gasteiger partial charge in [-0.05, 0) is 12.0 Å². The Hall–Kier alpha value is -1.68. The summed E-state index contributed by atoms with van der Waals surface area (Å²) in [6, 6.07) is 10.3. The fraction of sp³-hybridized carbons (Fsp3) is 0.500. The van der Waals surface area contributed by atoms with Gasteiger partial charge in [-0.2, -0.15) is 4.98 Å². The molecule has 1 aromatic carbocycles. The van der Waals surface area contributed by atoms with Crippen molar-refractivity contribution in [2.45, 2.75) is 26.5 Å². The van der Waals surface area contributed by atoms with Crippen LogP contribution < -0.4 is 5.32 Å². The Morgan fingerprint density at radius 1 is 1.38 bits per heavy atom. The van der Waals surface area contributed by atoms with Crippen molar-refractivity contribution < 1.29 is 9.26 Å². The number of rotatable bonds is 6. The molecule has 1 aliphatic heterocycles. The number of hydrogen-bond acceptors (Lipinski definition) is 5. The van der Waals surface area contributed by atoms with Crippen molar-refractivity contribution in [2.24, 2.45) is 10.9 Å². The third-order valence-corrected chi connectivity index (χ3v) is 4.24. The Bertz CT molecular complexity index is 692. The number of likely N-dealkylation sites (tertiary alicyclic amines) is 1. The fourth-order valence-corrected chi connectivity index (χ4v) is 2.98. The van der Waals surface area contributed by atoms with E-state index in [1.54, 1.807) is 14.0 Å². The topological polar surface area (TPSA) is 75.8 Å². The number of aromatic nitrogens is 2. The lowest BCUT2D eigenvalue weighted by atomic mass is 10.1. The SMILES string of the molecule is CN=C(NCc1noc(C)n1)N1CCC(COCc2ccccc2)C1.I. The molecule has 1 aromatic heterocycles. The molecule has 0 aliphatic carbocycles. The van der Waals surface area contributed by atoms with Crippen molar-refractivity contribution in [1.29, 1.82) is 0 Å². The van der Waals surface area contributed by atoms with Gasteiger partial charge >= 0.3 is 0 Å². The number of nitrogens with one attached hydrogen (secondary N) is 1. The highest BCUT2D eigenvalue weighted by molar-refractivity contribution is 14.0. The Balaban J connectivity index is 0.00000243. The third-order valence-electron chi connectivity index (χ3n) is 4.24. The largest absolute Gasteiger partial charge is 0.376 e. The molecule has 1 aliphatic rings. The average molecular weight is 471 g/mol. The van der Waals surface area contributed by atoms with Gasteiger partial charge < -0.3 is 19.5 Å². The maximum Gasteiger partial charge on any atom is 0.223 e. The maximum atomic E-state index is 5.88. The number of guanidine groups is 1. The van der Waals surface area contributed by atoms with Gasteiger partial charge in [-0.3, -0.25) is 4.99 Å². The molecule has 2 aromatic rings. The number of aryl methyl sites for hydroxylation is 1. The molecule has 3 rings (SSSR count). The normalized spacial score (nSPS) is 17.2. The summed E-state index contributed by atoms with van der Waals surface area (Å²) in [5, 5.41) is 7.18. The van der Waals surface area contributed by atoms with Gasteiger partial charge in [0.1, 0.15) is 0 Å². The number of hydrogen-bond donors (Lipinski definition) is 1. The van der Waals surface area contributed by atoms with E-state index in [1.807, 2.05) is 18.2 Å². The number of aliphatic imine (C=N–C) groups is 1. The number of benzene rings is 1. The summed E-state index contributed by atoms with van der Waals surface area (Å²) >= 11 is 0. The van der Waals surface area contributed by atoms with Crippen molar-refractivity contribution >= 4 is 29.9 Å². The first kappa shape index (κ1) is 20.6. The first-order valence-electron chi connectivity index (χ1n) is 8.61. The zero-order chi connectivity index (χ0) is 17.5. The van der Waals surface area contributed by atoms with E-state index in [4.69, 9.17) is 9.26 Å². The summed E-state index contributed by atoms with van der Waals surface area (Å²) in [6.45, 7) is 5.65. The van der Waals surface area contributed by atoms with E-state index in [9.17, 15) is 0 Å². The van der Waals surface area contributed by atoms with E-state index < -0.39 is 0 Å². The van der Waals surface area contributed by atoms with E-state index in [-0.39, 0.29) is 24.0 Å². The van der Waals surface area contributed by atoms with Crippen molar-refractivity contribution in [3.05, 3.63) is 47.6 Å². The van der Waals surface area contributed by atoms with Crippen LogP contribution in [-0.4, -0.2) is 47.7 Å². The molecule has 7 nitrogen and oxygen atoms in total. The van der Waals surface area contributed by atoms with E-state index in [1.165, 1.54) is 5.56 Å². The molecule has 2 heterocycles. The molecule has 0 bridgehead atoms. The van der Waals surface area contributed by atoms with Crippen LogP contribution in [-0.2, 0) is 17.9 Å². The van der Waals surface area contributed by atoms with E-state index in [0.717, 1.165) is 32.1 Å². The molecule has 0 radical (unpaired) electrons. The first-order chi connectivity index (χ1) is 12.2. The highest BCUT2D eigenvalue weighted by Crippen LogP contribution is 2.17. The minimum atomic E-state index is 0. The van der Waals surface area contributed by atoms with Crippen LogP contribution in [0.1, 0.15) is 23.7 Å². The highest BCUT2D eigenvalue weighted by atomic mass is 127. The quantitative estimate of drug-likeness (QED) is 0.397. The summed E-state index contributed by atoms with van der Waals surface area (Å²) in [5.74, 6) is 2.60. The van der Waals surface area contributed by atoms with E-state index in [0.29, 0.717) is 30.8 Å². The van der Waals surface area contributed by atoms with Gasteiger partial charge in [0, 0.05) is 33.0 Å². The van der Waals surface area contributed by atoms with Crippen molar-refractivity contribution in [3.63, 3.8) is 0 Å². The Morgan fingerprint density at radius 3 is 2.88 bits per heavy atom. The summed E-state index contributed by atoms with van der Waals surface area (Å²) in [7, 11) is 1.79. The van der Waals surface area contributed by atoms with Crippen LogP contribution in [0, 0.1) is 12.8 Å². The smallest absolute Gasteiger partial charge is 0.223 e. The Labute approximate surface area is 171 Å². The van der Waals surface area contributed by atoms with Gasteiger partial charge in [-0.1, -0.05) is 35.5 Å². The second kappa shape index (κ2) is 10.5. The van der Waals surface area contributed by atoms with Gasteiger partial charge in [0.2, 0.25) is 5.89 Å². The summed E-state index contributed by atoms with van der Waals surface area (Å²) in [6.07, 6.45) is 1.11. The number of halogens is 1. The molecule has 1 saturated heterocycles. The van der Waals surface area contributed by atoms with Crippen LogP contribution in [0.2, 0.25) is 0 Å². The standard InChI is InChI=1S/C18H25N5O2.HI/c1-14-21-17(22-25-14)10-20-18(19-2)23-9-8-16(11-23)13-24-12-15-6-4-3-5-7-15;/h3-7,16H,8-13H2,1-2H3,(H,19,20);1H. The number of nitrogens with zero attached hydrogens (tertiary/aromatic N) is 4. The molecule has 1 N–H and O–H groups in total. The maximum absolute atomic E-state index is 5.88. The molecule has 142 valence electrons. The van der Waals surface area contributed by atoms with Gasteiger partial charge in [0.05, 0.1) is 19.8 Å². The minimum Gasteiger partial charge on any atom is -0.376 e. The molecule has 0 spiro atoms. The molecule has 8 heteroatoms. The molecule has 1 unspecified atom stereocenters. The lowest BCUT2D eigenvalue weighted by Gasteiger charge is -2.21. The van der Waals surface area contributed by atoms with Gasteiger partial charge in [-0.15, -0.1) is 24.0 Å². The van der Waals surface area contributed by atoms with Crippen LogP contribution in [0.3, 0.4) is 0 Å². The van der Waals surface area contributed by atoms with Crippen LogP contribution in [0.25, 0.3) is 0 Å². The predicted octanol–water partition coefficient (Wildman–Crippen LogP) is 2.61. The first-order valence-corrected chi connectivity index (χ1v) is 8.61. The minimum absolute atomic E-state index is 0. The zero-order valence-corrected chi connectivity index (χ0v) is 17.6. The van der Waals surface area contributed by atoms with Gasteiger partial charge in [-0.25, -0.2) is 0 Å². The van der Waals surface area contributed by atoms with E-state index in [2.05, 4.69) is 37.5 Å². The van der Waals surface area contributed by atoms with Crippen molar-refractivity contribution in [2.75, 3.05) is 26.7 Å². The molecule has 26 heavy (non-hydrogen) atoms. The molecule has 0 amide bonds. The monoisotopic (exact) mass is 471 g/mol. The molecule has 1 atom stereocenters. The van der Waals surface area contributed by atoms with Crippen LogP contribution >= 0.6 is 24.0 Å². The Kier molecular flexibility index (Phi) is 8.30. The fourth-order valence-electron chi connectivity index (χ4n) is 2.98. The lowest BCUT2D eigenvalue weighted by Crippen LogP contribution is -2.40. The number of ether oxygens (including phenoxy) is 1. The molecular formula is C18H26IN5O2. The molecular weight excluding hydrogens is 445 g/mol. The van der Waals surface area contributed by atoms with Gasteiger partial charge in [0.15, 0.2) is 11.8 Å². The van der Waals surface area contributed by atoms with Gasteiger partial charge in [0.25, 0.3) is 0 Å². The summed E-state index contributed by atoms with van der Waals surface area (Å²) < 4.78 is 10.9. The highest BCUT2D eigenvalue weighted by Gasteiger charge is 2.25. The van der Waals surface area contributed by atoms with Crippen LogP contribution in [0.4, 0.5) is 0 Å². The second-order valence-electron chi connectivity index (χ2n) is 6.23. The van der Waals surface area contributed by atoms with Crippen LogP contribution in [0.5, 0.6) is 0 Å². The second-order valence-corrected chi connectivity index (χ2v) is 6.23. The summed E-state index contributed by atoms with van der Waals surface area (Å²) in [4.78, 5) is 10.8. The van der Waals surface area contributed by atoms with Crippen molar-refractivity contribution in [3.8, 4) is 0 Å². The predicted molar refractivity (Wildman–Crippen MR) is 110 cm³/mol. The Morgan fingerprint density at radius 2 is 2.19 bits per heavy atom.